The minimum atomic E-state index is 0.230. The summed E-state index contributed by atoms with van der Waals surface area (Å²) < 4.78 is 7.60. The fourth-order valence-corrected chi connectivity index (χ4v) is 3.57. The Labute approximate surface area is 136 Å². The van der Waals surface area contributed by atoms with Crippen LogP contribution in [0.3, 0.4) is 0 Å². The SMILES string of the molecule is CNC(Cc1ccccc1OC)c1ccc(Br)cc1Br. The molecule has 0 aromatic heterocycles. The van der Waals surface area contributed by atoms with Crippen molar-refractivity contribution in [1.82, 2.24) is 5.32 Å². The summed E-state index contributed by atoms with van der Waals surface area (Å²) in [6, 6.07) is 14.6. The molecule has 1 atom stereocenters. The maximum absolute atomic E-state index is 5.43. The van der Waals surface area contributed by atoms with Crippen molar-refractivity contribution in [3.8, 4) is 5.75 Å². The zero-order valence-corrected chi connectivity index (χ0v) is 14.7. The first kappa shape index (κ1) is 15.5. The number of rotatable bonds is 5. The summed E-state index contributed by atoms with van der Waals surface area (Å²) >= 11 is 7.12. The van der Waals surface area contributed by atoms with Crippen molar-refractivity contribution in [2.75, 3.05) is 14.2 Å². The van der Waals surface area contributed by atoms with Crippen LogP contribution in [0, 0.1) is 0 Å². The molecule has 1 unspecified atom stereocenters. The average Bonchev–Trinajstić information content (AvgIpc) is 2.46. The summed E-state index contributed by atoms with van der Waals surface area (Å²) in [5.74, 6) is 0.931. The van der Waals surface area contributed by atoms with Crippen molar-refractivity contribution >= 4 is 31.9 Å². The Bertz CT molecular complexity index is 586. The van der Waals surface area contributed by atoms with Gasteiger partial charge in [-0.3, -0.25) is 0 Å². The third-order valence-electron chi connectivity index (χ3n) is 3.30. The molecular weight excluding hydrogens is 382 g/mol. The van der Waals surface area contributed by atoms with Crippen molar-refractivity contribution in [2.45, 2.75) is 12.5 Å². The summed E-state index contributed by atoms with van der Waals surface area (Å²) in [5, 5.41) is 3.38. The highest BCUT2D eigenvalue weighted by atomic mass is 79.9. The maximum atomic E-state index is 5.43. The summed E-state index contributed by atoms with van der Waals surface area (Å²) in [6.45, 7) is 0. The third-order valence-corrected chi connectivity index (χ3v) is 4.48. The molecule has 1 N–H and O–H groups in total. The van der Waals surface area contributed by atoms with E-state index in [2.05, 4.69) is 61.4 Å². The van der Waals surface area contributed by atoms with Gasteiger partial charge in [0.1, 0.15) is 5.75 Å². The van der Waals surface area contributed by atoms with Gasteiger partial charge in [-0.25, -0.2) is 0 Å². The van der Waals surface area contributed by atoms with Gasteiger partial charge in [-0.2, -0.15) is 0 Å². The number of hydrogen-bond donors (Lipinski definition) is 1. The van der Waals surface area contributed by atoms with E-state index in [0.29, 0.717) is 0 Å². The van der Waals surface area contributed by atoms with Gasteiger partial charge in [0.2, 0.25) is 0 Å². The normalized spacial score (nSPS) is 12.2. The quantitative estimate of drug-likeness (QED) is 0.786. The van der Waals surface area contributed by atoms with E-state index >= 15 is 0 Å². The van der Waals surface area contributed by atoms with E-state index in [-0.39, 0.29) is 6.04 Å². The van der Waals surface area contributed by atoms with Crippen LogP contribution < -0.4 is 10.1 Å². The van der Waals surface area contributed by atoms with Gasteiger partial charge in [0, 0.05) is 15.0 Å². The van der Waals surface area contributed by atoms with Gasteiger partial charge in [0.15, 0.2) is 0 Å². The van der Waals surface area contributed by atoms with Crippen LogP contribution in [0.4, 0.5) is 0 Å². The number of likely N-dealkylation sites (N-methyl/N-ethyl adjacent to an activating group) is 1. The van der Waals surface area contributed by atoms with Gasteiger partial charge in [0.05, 0.1) is 7.11 Å². The number of para-hydroxylation sites is 1. The first-order valence-corrected chi connectivity index (χ1v) is 7.98. The topological polar surface area (TPSA) is 21.3 Å². The fraction of sp³-hybridized carbons (Fsp3) is 0.250. The van der Waals surface area contributed by atoms with Crippen LogP contribution in [0.5, 0.6) is 5.75 Å². The van der Waals surface area contributed by atoms with Crippen LogP contribution in [0.25, 0.3) is 0 Å². The van der Waals surface area contributed by atoms with Crippen LogP contribution in [0.15, 0.2) is 51.4 Å². The van der Waals surface area contributed by atoms with Crippen molar-refractivity contribution in [3.05, 3.63) is 62.5 Å². The molecule has 2 aromatic carbocycles. The molecule has 4 heteroatoms. The van der Waals surface area contributed by atoms with Crippen LogP contribution in [-0.2, 0) is 6.42 Å². The highest BCUT2D eigenvalue weighted by Crippen LogP contribution is 2.30. The van der Waals surface area contributed by atoms with E-state index in [1.54, 1.807) is 7.11 Å². The Morgan fingerprint density at radius 2 is 1.90 bits per heavy atom. The lowest BCUT2D eigenvalue weighted by Gasteiger charge is -2.20. The molecule has 0 radical (unpaired) electrons. The van der Waals surface area contributed by atoms with E-state index in [0.717, 1.165) is 21.1 Å². The van der Waals surface area contributed by atoms with Gasteiger partial charge in [-0.1, -0.05) is 56.1 Å². The standard InChI is InChI=1S/C16H17Br2NO/c1-19-15(13-8-7-12(17)10-14(13)18)9-11-5-3-4-6-16(11)20-2/h3-8,10,15,19H,9H2,1-2H3. The number of ether oxygens (including phenoxy) is 1. The average molecular weight is 399 g/mol. The monoisotopic (exact) mass is 397 g/mol. The molecule has 0 aliphatic rings. The Morgan fingerprint density at radius 1 is 1.15 bits per heavy atom. The van der Waals surface area contributed by atoms with Crippen LogP contribution in [0.1, 0.15) is 17.2 Å². The molecule has 2 aromatic rings. The smallest absolute Gasteiger partial charge is 0.122 e. The summed E-state index contributed by atoms with van der Waals surface area (Å²) in [4.78, 5) is 0. The number of benzene rings is 2. The van der Waals surface area contributed by atoms with Gasteiger partial charge in [-0.15, -0.1) is 0 Å². The lowest BCUT2D eigenvalue weighted by Crippen LogP contribution is -2.19. The molecule has 0 amide bonds. The molecule has 2 nitrogen and oxygen atoms in total. The number of hydrogen-bond acceptors (Lipinski definition) is 2. The van der Waals surface area contributed by atoms with E-state index < -0.39 is 0 Å². The molecule has 0 fully saturated rings. The Balaban J connectivity index is 2.29. The molecule has 0 aliphatic carbocycles. The minimum absolute atomic E-state index is 0.230. The molecule has 0 heterocycles. The predicted molar refractivity (Wildman–Crippen MR) is 90.3 cm³/mol. The molecule has 0 aliphatic heterocycles. The second-order valence-electron chi connectivity index (χ2n) is 4.52. The highest BCUT2D eigenvalue weighted by Gasteiger charge is 2.15. The first-order valence-electron chi connectivity index (χ1n) is 6.39. The zero-order valence-electron chi connectivity index (χ0n) is 11.5. The molecule has 0 bridgehead atoms. The van der Waals surface area contributed by atoms with Gasteiger partial charge < -0.3 is 10.1 Å². The molecule has 0 saturated heterocycles. The van der Waals surface area contributed by atoms with Crippen molar-refractivity contribution in [1.29, 1.82) is 0 Å². The van der Waals surface area contributed by atoms with Gasteiger partial charge in [0.25, 0.3) is 0 Å². The largest absolute Gasteiger partial charge is 0.496 e. The molecular formula is C16H17Br2NO. The molecule has 0 saturated carbocycles. The summed E-state index contributed by atoms with van der Waals surface area (Å²) in [7, 11) is 3.69. The Morgan fingerprint density at radius 3 is 2.55 bits per heavy atom. The summed E-state index contributed by atoms with van der Waals surface area (Å²) in [6.07, 6.45) is 0.876. The molecule has 106 valence electrons. The summed E-state index contributed by atoms with van der Waals surface area (Å²) in [5.41, 5.74) is 2.44. The number of halogens is 2. The predicted octanol–water partition coefficient (Wildman–Crippen LogP) is 4.72. The maximum Gasteiger partial charge on any atom is 0.122 e. The van der Waals surface area contributed by atoms with E-state index in [1.165, 1.54) is 11.1 Å². The van der Waals surface area contributed by atoms with Crippen molar-refractivity contribution in [3.63, 3.8) is 0 Å². The second-order valence-corrected chi connectivity index (χ2v) is 6.29. The van der Waals surface area contributed by atoms with E-state index in [4.69, 9.17) is 4.74 Å². The zero-order chi connectivity index (χ0) is 14.5. The van der Waals surface area contributed by atoms with Crippen LogP contribution in [-0.4, -0.2) is 14.2 Å². The lowest BCUT2D eigenvalue weighted by molar-refractivity contribution is 0.406. The minimum Gasteiger partial charge on any atom is -0.496 e. The third kappa shape index (κ3) is 3.62. The van der Waals surface area contributed by atoms with Crippen LogP contribution in [0.2, 0.25) is 0 Å². The van der Waals surface area contributed by atoms with Crippen LogP contribution >= 0.6 is 31.9 Å². The second kappa shape index (κ2) is 7.25. The number of nitrogens with one attached hydrogen (secondary N) is 1. The molecule has 0 spiro atoms. The first-order chi connectivity index (χ1) is 9.65. The fourth-order valence-electron chi connectivity index (χ4n) is 2.24. The van der Waals surface area contributed by atoms with E-state index in [1.807, 2.05) is 25.2 Å². The lowest BCUT2D eigenvalue weighted by atomic mass is 9.98. The van der Waals surface area contributed by atoms with E-state index in [9.17, 15) is 0 Å². The van der Waals surface area contributed by atoms with Crippen molar-refractivity contribution < 1.29 is 4.74 Å². The van der Waals surface area contributed by atoms with Gasteiger partial charge >= 0.3 is 0 Å². The molecule has 20 heavy (non-hydrogen) atoms. The highest BCUT2D eigenvalue weighted by molar-refractivity contribution is 9.11. The Kier molecular flexibility index (Phi) is 5.64. The number of methoxy groups -OCH3 is 1. The van der Waals surface area contributed by atoms with Gasteiger partial charge in [-0.05, 0) is 42.8 Å². The van der Waals surface area contributed by atoms with Crippen molar-refractivity contribution in [2.24, 2.45) is 0 Å². The molecule has 2 rings (SSSR count). The Hall–Kier alpha value is -0.840.